The van der Waals surface area contributed by atoms with Gasteiger partial charge in [-0.1, -0.05) is 30.3 Å². The Bertz CT molecular complexity index is 764. The van der Waals surface area contributed by atoms with Crippen LogP contribution in [-0.4, -0.2) is 11.5 Å². The van der Waals surface area contributed by atoms with Gasteiger partial charge in [-0.15, -0.1) is 0 Å². The second-order valence-electron chi connectivity index (χ2n) is 5.07. The van der Waals surface area contributed by atoms with Crippen molar-refractivity contribution in [2.24, 2.45) is 0 Å². The average Bonchev–Trinajstić information content (AvgIpc) is 3.02. The molecule has 0 bridgehead atoms. The summed E-state index contributed by atoms with van der Waals surface area (Å²) in [5.41, 5.74) is 2.94. The van der Waals surface area contributed by atoms with E-state index in [0.717, 1.165) is 27.8 Å². The van der Waals surface area contributed by atoms with Crippen molar-refractivity contribution in [2.45, 2.75) is 19.6 Å². The first-order valence-corrected chi connectivity index (χ1v) is 7.15. The molecule has 0 amide bonds. The third-order valence-corrected chi connectivity index (χ3v) is 3.64. The smallest absolute Gasteiger partial charge is 0.293 e. The van der Waals surface area contributed by atoms with Crippen molar-refractivity contribution >= 4 is 17.4 Å². The predicted molar refractivity (Wildman–Crippen MR) is 84.6 cm³/mol. The molecule has 1 unspecified atom stereocenters. The lowest BCUT2D eigenvalue weighted by Gasteiger charge is -2.17. The number of fused-ring (bicyclic) bond motifs is 1. The summed E-state index contributed by atoms with van der Waals surface area (Å²) in [6.07, 6.45) is 1.51. The lowest BCUT2D eigenvalue weighted by molar-refractivity contribution is -0.133. The van der Waals surface area contributed by atoms with Gasteiger partial charge in [0.1, 0.15) is 18.5 Å². The summed E-state index contributed by atoms with van der Waals surface area (Å²) < 4.78 is 11.1. The minimum Gasteiger partial charge on any atom is -0.488 e. The number of hydrogen-bond acceptors (Lipinski definition) is 3. The van der Waals surface area contributed by atoms with E-state index < -0.39 is 0 Å². The summed E-state index contributed by atoms with van der Waals surface area (Å²) in [5, 5.41) is 0.981. The highest BCUT2D eigenvalue weighted by atomic mass is 16.5. The molecule has 1 atom stereocenters. The molecule has 0 saturated heterocycles. The number of H-pyrrole nitrogens is 1. The number of aromatic amines is 1. The van der Waals surface area contributed by atoms with Gasteiger partial charge in [0.25, 0.3) is 6.47 Å². The third-order valence-electron chi connectivity index (χ3n) is 3.64. The summed E-state index contributed by atoms with van der Waals surface area (Å²) in [7, 11) is 0. The molecule has 0 radical (unpaired) electrons. The van der Waals surface area contributed by atoms with Crippen LogP contribution >= 0.6 is 0 Å². The topological polar surface area (TPSA) is 51.3 Å². The highest BCUT2D eigenvalue weighted by Crippen LogP contribution is 2.35. The number of ether oxygens (including phenoxy) is 2. The summed E-state index contributed by atoms with van der Waals surface area (Å²) in [5.74, 6) is 0.747. The lowest BCUT2D eigenvalue weighted by atomic mass is 10.1. The quantitative estimate of drug-likeness (QED) is 0.700. The molecule has 22 heavy (non-hydrogen) atoms. The van der Waals surface area contributed by atoms with Crippen LogP contribution in [0.2, 0.25) is 0 Å². The molecular formula is C18H17NO3. The summed E-state index contributed by atoms with van der Waals surface area (Å²) in [4.78, 5) is 13.8. The van der Waals surface area contributed by atoms with Crippen LogP contribution in [0.3, 0.4) is 0 Å². The number of nitrogens with one attached hydrogen (secondary N) is 1. The molecule has 0 aliphatic rings. The second-order valence-corrected chi connectivity index (χ2v) is 5.07. The Hall–Kier alpha value is -2.75. The molecule has 0 aliphatic heterocycles. The van der Waals surface area contributed by atoms with Gasteiger partial charge >= 0.3 is 0 Å². The Morgan fingerprint density at radius 3 is 2.73 bits per heavy atom. The Balaban J connectivity index is 1.95. The van der Waals surface area contributed by atoms with Gasteiger partial charge in [-0.05, 0) is 30.7 Å². The summed E-state index contributed by atoms with van der Waals surface area (Å²) >= 11 is 0. The number of carbonyl (C=O) groups is 1. The van der Waals surface area contributed by atoms with Crippen LogP contribution in [0.5, 0.6) is 5.75 Å². The lowest BCUT2D eigenvalue weighted by Crippen LogP contribution is -2.04. The number of carbonyl (C=O) groups excluding carboxylic acids is 1. The number of benzene rings is 2. The average molecular weight is 295 g/mol. The molecule has 0 fully saturated rings. The first-order valence-electron chi connectivity index (χ1n) is 7.15. The van der Waals surface area contributed by atoms with Crippen LogP contribution in [0.15, 0.2) is 54.7 Å². The summed E-state index contributed by atoms with van der Waals surface area (Å²) in [6.45, 7) is 2.76. The molecule has 3 aromatic rings. The monoisotopic (exact) mass is 295 g/mol. The fourth-order valence-electron chi connectivity index (χ4n) is 2.49. The molecule has 112 valence electrons. The highest BCUT2D eigenvalue weighted by molar-refractivity contribution is 5.87. The van der Waals surface area contributed by atoms with Crippen molar-refractivity contribution in [1.82, 2.24) is 4.98 Å². The van der Waals surface area contributed by atoms with Crippen LogP contribution in [0, 0.1) is 0 Å². The van der Waals surface area contributed by atoms with Crippen molar-refractivity contribution in [2.75, 3.05) is 0 Å². The molecule has 3 rings (SSSR count). The van der Waals surface area contributed by atoms with Gasteiger partial charge in [-0.2, -0.15) is 0 Å². The van der Waals surface area contributed by atoms with Crippen molar-refractivity contribution < 1.29 is 14.3 Å². The van der Waals surface area contributed by atoms with Gasteiger partial charge in [0.05, 0.1) is 0 Å². The largest absolute Gasteiger partial charge is 0.488 e. The molecule has 2 aromatic carbocycles. The zero-order chi connectivity index (χ0) is 15.4. The molecule has 1 heterocycles. The minimum atomic E-state index is -0.359. The zero-order valence-electron chi connectivity index (χ0n) is 12.3. The molecule has 0 spiro atoms. The van der Waals surface area contributed by atoms with Gasteiger partial charge in [0, 0.05) is 22.7 Å². The van der Waals surface area contributed by atoms with Crippen molar-refractivity contribution in [3.05, 3.63) is 65.9 Å². The van der Waals surface area contributed by atoms with E-state index in [2.05, 4.69) is 4.98 Å². The van der Waals surface area contributed by atoms with Crippen LogP contribution < -0.4 is 4.74 Å². The zero-order valence-corrected chi connectivity index (χ0v) is 12.3. The Kier molecular flexibility index (Phi) is 4.10. The maximum Gasteiger partial charge on any atom is 0.293 e. The minimum absolute atomic E-state index is 0.359. The first kappa shape index (κ1) is 14.2. The summed E-state index contributed by atoms with van der Waals surface area (Å²) in [6, 6.07) is 15.8. The Morgan fingerprint density at radius 2 is 1.95 bits per heavy atom. The van der Waals surface area contributed by atoms with E-state index in [1.54, 1.807) is 0 Å². The second kappa shape index (κ2) is 6.35. The SMILES string of the molecule is CC(OC=O)c1ccc2[nH]ccc2c1OCc1ccccc1. The van der Waals surface area contributed by atoms with E-state index in [-0.39, 0.29) is 6.10 Å². The van der Waals surface area contributed by atoms with Gasteiger partial charge < -0.3 is 14.5 Å². The van der Waals surface area contributed by atoms with Crippen molar-refractivity contribution in [3.63, 3.8) is 0 Å². The van der Waals surface area contributed by atoms with E-state index in [9.17, 15) is 4.79 Å². The molecule has 4 heteroatoms. The van der Waals surface area contributed by atoms with Gasteiger partial charge in [0.15, 0.2) is 0 Å². The third kappa shape index (κ3) is 2.81. The van der Waals surface area contributed by atoms with E-state index in [1.165, 1.54) is 0 Å². The fraction of sp³-hybridized carbons (Fsp3) is 0.167. The van der Waals surface area contributed by atoms with Crippen molar-refractivity contribution in [1.29, 1.82) is 0 Å². The maximum absolute atomic E-state index is 10.6. The van der Waals surface area contributed by atoms with Gasteiger partial charge in [0.2, 0.25) is 0 Å². The van der Waals surface area contributed by atoms with Crippen LogP contribution in [0.4, 0.5) is 0 Å². The maximum atomic E-state index is 10.6. The van der Waals surface area contributed by atoms with Gasteiger partial charge in [-0.3, -0.25) is 4.79 Å². The molecule has 1 aromatic heterocycles. The molecule has 0 saturated carbocycles. The predicted octanol–water partition coefficient (Wildman–Crippen LogP) is 3.98. The van der Waals surface area contributed by atoms with E-state index in [4.69, 9.17) is 9.47 Å². The number of rotatable bonds is 6. The number of hydrogen-bond donors (Lipinski definition) is 1. The first-order chi connectivity index (χ1) is 10.8. The standard InChI is InChI=1S/C18H17NO3/c1-13(22-12-20)15-7-8-17-16(9-10-19-17)18(15)21-11-14-5-3-2-4-6-14/h2-10,12-13,19H,11H2,1H3. The highest BCUT2D eigenvalue weighted by Gasteiger charge is 2.16. The van der Waals surface area contributed by atoms with E-state index >= 15 is 0 Å². The normalized spacial score (nSPS) is 12.0. The molecule has 4 nitrogen and oxygen atoms in total. The number of aromatic nitrogens is 1. The molecular weight excluding hydrogens is 278 g/mol. The molecule has 0 aliphatic carbocycles. The van der Waals surface area contributed by atoms with Gasteiger partial charge in [-0.25, -0.2) is 0 Å². The van der Waals surface area contributed by atoms with Crippen LogP contribution in [0.25, 0.3) is 10.9 Å². The van der Waals surface area contributed by atoms with Crippen LogP contribution in [-0.2, 0) is 16.1 Å². The van der Waals surface area contributed by atoms with E-state index in [0.29, 0.717) is 13.1 Å². The van der Waals surface area contributed by atoms with Crippen LogP contribution in [0.1, 0.15) is 24.2 Å². The Morgan fingerprint density at radius 1 is 1.14 bits per heavy atom. The van der Waals surface area contributed by atoms with Crippen molar-refractivity contribution in [3.8, 4) is 5.75 Å². The Labute approximate surface area is 128 Å². The van der Waals surface area contributed by atoms with E-state index in [1.807, 2.05) is 61.7 Å². The fourth-order valence-corrected chi connectivity index (χ4v) is 2.49. The molecule has 1 N–H and O–H groups in total.